The number of hydrazine groups is 1. The van der Waals surface area contributed by atoms with Crippen molar-refractivity contribution in [3.8, 4) is 5.75 Å². The van der Waals surface area contributed by atoms with Crippen LogP contribution in [0, 0.1) is 10.1 Å². The second kappa shape index (κ2) is 9.32. The van der Waals surface area contributed by atoms with Crippen molar-refractivity contribution in [1.82, 2.24) is 5.43 Å². The Hall–Kier alpha value is -3.88. The van der Waals surface area contributed by atoms with E-state index >= 15 is 0 Å². The van der Waals surface area contributed by atoms with Gasteiger partial charge < -0.3 is 4.74 Å². The summed E-state index contributed by atoms with van der Waals surface area (Å²) < 4.78 is 5.76. The first-order valence-corrected chi connectivity index (χ1v) is 10.4. The quantitative estimate of drug-likeness (QED) is 0.231. The molecule has 0 saturated carbocycles. The second-order valence-corrected chi connectivity index (χ2v) is 7.78. The molecule has 4 rings (SSSR count). The number of nitro groups is 1. The topological polar surface area (TPSA) is 102 Å². The van der Waals surface area contributed by atoms with Crippen LogP contribution in [0.1, 0.15) is 11.1 Å². The number of hydrogen-bond acceptors (Lipinski definition) is 5. The molecule has 0 unspecified atom stereocenters. The van der Waals surface area contributed by atoms with Crippen LogP contribution < -0.4 is 15.2 Å². The summed E-state index contributed by atoms with van der Waals surface area (Å²) in [6, 6.07) is 17.7. The van der Waals surface area contributed by atoms with E-state index in [0.717, 1.165) is 5.01 Å². The zero-order valence-electron chi connectivity index (χ0n) is 16.8. The highest BCUT2D eigenvalue weighted by Crippen LogP contribution is 2.34. The van der Waals surface area contributed by atoms with Gasteiger partial charge in [0.2, 0.25) is 5.75 Å². The van der Waals surface area contributed by atoms with E-state index < -0.39 is 16.7 Å². The molecule has 166 valence electrons. The van der Waals surface area contributed by atoms with Crippen LogP contribution in [0.4, 0.5) is 11.4 Å². The monoisotopic (exact) mass is 483 g/mol. The molecule has 0 aromatic heterocycles. The molecule has 1 fully saturated rings. The Balaban J connectivity index is 1.68. The normalized spacial score (nSPS) is 14.5. The highest BCUT2D eigenvalue weighted by molar-refractivity contribution is 6.42. The zero-order chi connectivity index (χ0) is 23.5. The van der Waals surface area contributed by atoms with Gasteiger partial charge in [0.05, 0.1) is 20.7 Å². The lowest BCUT2D eigenvalue weighted by atomic mass is 10.1. The van der Waals surface area contributed by atoms with Crippen molar-refractivity contribution in [2.75, 3.05) is 5.01 Å². The molecular weight excluding hydrogens is 469 g/mol. The predicted octanol–water partition coefficient (Wildman–Crippen LogP) is 4.94. The molecule has 1 aliphatic heterocycles. The van der Waals surface area contributed by atoms with Crippen LogP contribution in [-0.2, 0) is 16.2 Å². The van der Waals surface area contributed by atoms with Crippen molar-refractivity contribution < 1.29 is 19.2 Å². The molecule has 8 nitrogen and oxygen atoms in total. The largest absolute Gasteiger partial charge is 0.482 e. The van der Waals surface area contributed by atoms with Gasteiger partial charge in [-0.15, -0.1) is 0 Å². The molecule has 10 heteroatoms. The van der Waals surface area contributed by atoms with Crippen LogP contribution in [0.25, 0.3) is 6.08 Å². The number of anilines is 1. The highest BCUT2D eigenvalue weighted by atomic mass is 35.5. The minimum Gasteiger partial charge on any atom is -0.482 e. The standard InChI is InChI=1S/C23H15Cl2N3O5/c24-18-10-9-14(11-19(18)25)13-33-21-15(5-4-8-20(21)28(31)32)12-17-22(29)26-27(23(17)30)16-6-2-1-3-7-16/h1-12H,13H2,(H,26,29). The van der Waals surface area contributed by atoms with Crippen molar-refractivity contribution in [3.63, 3.8) is 0 Å². The Labute approximate surface area is 198 Å². The molecule has 1 saturated heterocycles. The summed E-state index contributed by atoms with van der Waals surface area (Å²) >= 11 is 12.0. The van der Waals surface area contributed by atoms with Gasteiger partial charge >= 0.3 is 5.69 Å². The first-order chi connectivity index (χ1) is 15.8. The highest BCUT2D eigenvalue weighted by Gasteiger charge is 2.35. The fourth-order valence-corrected chi connectivity index (χ4v) is 3.53. The summed E-state index contributed by atoms with van der Waals surface area (Å²) in [5.41, 5.74) is 3.32. The number of hydrogen-bond donors (Lipinski definition) is 1. The number of carbonyl (C=O) groups is 2. The van der Waals surface area contributed by atoms with Gasteiger partial charge in [0.15, 0.2) is 0 Å². The van der Waals surface area contributed by atoms with E-state index in [9.17, 15) is 19.7 Å². The molecule has 0 bridgehead atoms. The maximum atomic E-state index is 12.9. The summed E-state index contributed by atoms with van der Waals surface area (Å²) in [6.07, 6.45) is 1.28. The zero-order valence-corrected chi connectivity index (χ0v) is 18.3. The van der Waals surface area contributed by atoms with Crippen molar-refractivity contribution in [3.05, 3.63) is 104 Å². The Morgan fingerprint density at radius 2 is 1.76 bits per heavy atom. The molecule has 0 radical (unpaired) electrons. The average molecular weight is 484 g/mol. The van der Waals surface area contributed by atoms with E-state index in [1.807, 2.05) is 0 Å². The number of halogens is 2. The van der Waals surface area contributed by atoms with Crippen LogP contribution in [0.5, 0.6) is 5.75 Å². The molecule has 3 aromatic rings. The smallest absolute Gasteiger partial charge is 0.311 e. The van der Waals surface area contributed by atoms with Gasteiger partial charge in [-0.05, 0) is 35.9 Å². The lowest BCUT2D eigenvalue weighted by molar-refractivity contribution is -0.386. The molecule has 1 aliphatic rings. The van der Waals surface area contributed by atoms with Crippen molar-refractivity contribution in [2.24, 2.45) is 0 Å². The maximum absolute atomic E-state index is 12.9. The summed E-state index contributed by atoms with van der Waals surface area (Å²) in [5, 5.41) is 13.4. The van der Waals surface area contributed by atoms with Gasteiger partial charge in [-0.2, -0.15) is 0 Å². The molecule has 33 heavy (non-hydrogen) atoms. The van der Waals surface area contributed by atoms with E-state index in [-0.39, 0.29) is 29.2 Å². The number of amides is 2. The number of nitro benzene ring substituents is 1. The van der Waals surface area contributed by atoms with Gasteiger partial charge in [-0.3, -0.25) is 25.1 Å². The van der Waals surface area contributed by atoms with Crippen molar-refractivity contribution in [1.29, 1.82) is 0 Å². The third-order valence-electron chi connectivity index (χ3n) is 4.79. The van der Waals surface area contributed by atoms with Gasteiger partial charge in [0.25, 0.3) is 11.8 Å². The molecule has 1 heterocycles. The molecule has 0 atom stereocenters. The number of benzene rings is 3. The van der Waals surface area contributed by atoms with Crippen LogP contribution in [-0.4, -0.2) is 16.7 Å². The van der Waals surface area contributed by atoms with Gasteiger partial charge in [-0.1, -0.05) is 59.6 Å². The molecule has 0 spiro atoms. The lowest BCUT2D eigenvalue weighted by Crippen LogP contribution is -2.35. The molecule has 0 aliphatic carbocycles. The van der Waals surface area contributed by atoms with Gasteiger partial charge in [0.1, 0.15) is 12.2 Å². The number of rotatable bonds is 6. The Kier molecular flexibility index (Phi) is 6.30. The predicted molar refractivity (Wildman–Crippen MR) is 124 cm³/mol. The molecule has 3 aromatic carbocycles. The van der Waals surface area contributed by atoms with Gasteiger partial charge in [-0.25, -0.2) is 5.01 Å². The SMILES string of the molecule is O=C1NN(c2ccccc2)C(=O)C1=Cc1cccc([N+](=O)[O-])c1OCc1ccc(Cl)c(Cl)c1. The number of nitrogens with one attached hydrogen (secondary N) is 1. The number of ether oxygens (including phenoxy) is 1. The Morgan fingerprint density at radius 3 is 2.45 bits per heavy atom. The van der Waals surface area contributed by atoms with Crippen LogP contribution in [0.15, 0.2) is 72.3 Å². The summed E-state index contributed by atoms with van der Waals surface area (Å²) in [5.74, 6) is -1.31. The maximum Gasteiger partial charge on any atom is 0.311 e. The first kappa shape index (κ1) is 22.3. The van der Waals surface area contributed by atoms with Crippen LogP contribution in [0.2, 0.25) is 10.0 Å². The van der Waals surface area contributed by atoms with E-state index in [0.29, 0.717) is 21.3 Å². The number of nitrogens with zero attached hydrogens (tertiary/aromatic N) is 2. The summed E-state index contributed by atoms with van der Waals surface area (Å²) in [4.78, 5) is 36.4. The van der Waals surface area contributed by atoms with E-state index in [2.05, 4.69) is 5.43 Å². The first-order valence-electron chi connectivity index (χ1n) is 9.61. The summed E-state index contributed by atoms with van der Waals surface area (Å²) in [7, 11) is 0. The van der Waals surface area contributed by atoms with E-state index in [4.69, 9.17) is 27.9 Å². The molecule has 1 N–H and O–H groups in total. The van der Waals surface area contributed by atoms with Crippen molar-refractivity contribution in [2.45, 2.75) is 6.61 Å². The van der Waals surface area contributed by atoms with Crippen LogP contribution >= 0.6 is 23.2 Å². The third-order valence-corrected chi connectivity index (χ3v) is 5.53. The van der Waals surface area contributed by atoms with Crippen molar-refractivity contribution >= 4 is 52.5 Å². The minimum absolute atomic E-state index is 0.0474. The Morgan fingerprint density at radius 1 is 1.00 bits per heavy atom. The average Bonchev–Trinajstić information content (AvgIpc) is 3.09. The number of para-hydroxylation sites is 2. The fraction of sp³-hybridized carbons (Fsp3) is 0.0435. The third kappa shape index (κ3) is 4.67. The van der Waals surface area contributed by atoms with Gasteiger partial charge in [0, 0.05) is 11.6 Å². The minimum atomic E-state index is -0.634. The molecular formula is C23H15Cl2N3O5. The summed E-state index contributed by atoms with van der Waals surface area (Å²) in [6.45, 7) is -0.0474. The molecule has 2 amide bonds. The second-order valence-electron chi connectivity index (χ2n) is 6.96. The fourth-order valence-electron chi connectivity index (χ4n) is 3.21. The van der Waals surface area contributed by atoms with E-state index in [1.165, 1.54) is 24.3 Å². The lowest BCUT2D eigenvalue weighted by Gasteiger charge is -2.14. The number of carbonyl (C=O) groups excluding carboxylic acids is 2. The van der Waals surface area contributed by atoms with Crippen LogP contribution in [0.3, 0.4) is 0 Å². The Bertz CT molecular complexity index is 1290. The van der Waals surface area contributed by atoms with E-state index in [1.54, 1.807) is 48.5 Å².